The van der Waals surface area contributed by atoms with Crippen LogP contribution in [0.3, 0.4) is 0 Å². The van der Waals surface area contributed by atoms with Gasteiger partial charge in [-0.1, -0.05) is 29.8 Å². The van der Waals surface area contributed by atoms with E-state index in [-0.39, 0.29) is 0 Å². The number of rotatable bonds is 2. The third-order valence-corrected chi connectivity index (χ3v) is 3.42. The molecule has 0 amide bonds. The predicted molar refractivity (Wildman–Crippen MR) is 66.9 cm³/mol. The second-order valence-corrected chi connectivity index (χ2v) is 4.46. The molecule has 0 saturated carbocycles. The fraction of sp³-hybridized carbons (Fsp3) is 0.308. The fourth-order valence-electron chi connectivity index (χ4n) is 1.77. The van der Waals surface area contributed by atoms with E-state index in [0.29, 0.717) is 0 Å². The number of halogens is 1. The molecule has 2 rings (SSSR count). The molecule has 84 valence electrons. The first-order valence-electron chi connectivity index (χ1n) is 5.32. The van der Waals surface area contributed by atoms with Crippen LogP contribution in [0.1, 0.15) is 22.5 Å². The van der Waals surface area contributed by atoms with Gasteiger partial charge < -0.3 is 0 Å². The molecule has 0 bridgehead atoms. The molecular formula is C13H15ClN2. The molecular weight excluding hydrogens is 220 g/mol. The quantitative estimate of drug-likeness (QED) is 0.780. The zero-order valence-electron chi connectivity index (χ0n) is 9.79. The third-order valence-electron chi connectivity index (χ3n) is 3.05. The molecule has 16 heavy (non-hydrogen) atoms. The largest absolute Gasteiger partial charge is 0.272 e. The van der Waals surface area contributed by atoms with Crippen molar-refractivity contribution < 1.29 is 0 Å². The van der Waals surface area contributed by atoms with Crippen molar-refractivity contribution in [3.05, 3.63) is 51.8 Å². The Bertz CT molecular complexity index is 515. The first-order valence-corrected chi connectivity index (χ1v) is 5.70. The maximum absolute atomic E-state index is 6.14. The summed E-state index contributed by atoms with van der Waals surface area (Å²) >= 11 is 6.14. The third kappa shape index (κ3) is 1.98. The molecule has 1 aromatic carbocycles. The number of aryl methyl sites for hydroxylation is 1. The van der Waals surface area contributed by atoms with E-state index in [4.69, 9.17) is 11.6 Å². The van der Waals surface area contributed by atoms with E-state index >= 15 is 0 Å². The zero-order valence-corrected chi connectivity index (χ0v) is 10.5. The monoisotopic (exact) mass is 234 g/mol. The normalized spacial score (nSPS) is 10.8. The van der Waals surface area contributed by atoms with Gasteiger partial charge in [-0.15, -0.1) is 0 Å². The molecule has 0 fully saturated rings. The molecule has 0 spiro atoms. The van der Waals surface area contributed by atoms with Crippen LogP contribution in [0.15, 0.2) is 24.3 Å². The Labute approximate surface area is 101 Å². The molecule has 0 atom stereocenters. The number of hydrogen-bond donors (Lipinski definition) is 0. The van der Waals surface area contributed by atoms with Crippen LogP contribution in [0.25, 0.3) is 0 Å². The van der Waals surface area contributed by atoms with Gasteiger partial charge in [-0.3, -0.25) is 4.68 Å². The summed E-state index contributed by atoms with van der Waals surface area (Å²) in [5.41, 5.74) is 4.70. The van der Waals surface area contributed by atoms with Crippen LogP contribution in [-0.2, 0) is 13.5 Å². The van der Waals surface area contributed by atoms with Gasteiger partial charge in [0.2, 0.25) is 0 Å². The summed E-state index contributed by atoms with van der Waals surface area (Å²) in [5, 5.41) is 5.31. The highest BCUT2D eigenvalue weighted by Crippen LogP contribution is 2.21. The second kappa shape index (κ2) is 4.30. The topological polar surface area (TPSA) is 17.8 Å². The van der Waals surface area contributed by atoms with Crippen molar-refractivity contribution in [3.63, 3.8) is 0 Å². The molecule has 0 aliphatic rings. The van der Waals surface area contributed by atoms with Crippen molar-refractivity contribution in [1.29, 1.82) is 0 Å². The average Bonchev–Trinajstić information content (AvgIpc) is 2.50. The van der Waals surface area contributed by atoms with Gasteiger partial charge in [-0.25, -0.2) is 0 Å². The number of aromatic nitrogens is 2. The summed E-state index contributed by atoms with van der Waals surface area (Å²) in [7, 11) is 1.97. The molecule has 0 aliphatic carbocycles. The smallest absolute Gasteiger partial charge is 0.0700 e. The van der Waals surface area contributed by atoms with Gasteiger partial charge in [-0.2, -0.15) is 5.10 Å². The summed E-state index contributed by atoms with van der Waals surface area (Å²) in [6, 6.07) is 7.92. The minimum Gasteiger partial charge on any atom is -0.272 e. The van der Waals surface area contributed by atoms with Crippen molar-refractivity contribution >= 4 is 11.6 Å². The van der Waals surface area contributed by atoms with E-state index in [1.54, 1.807) is 0 Å². The summed E-state index contributed by atoms with van der Waals surface area (Å²) < 4.78 is 1.92. The highest BCUT2D eigenvalue weighted by Gasteiger charge is 2.10. The molecule has 2 nitrogen and oxygen atoms in total. The molecule has 1 aromatic heterocycles. The van der Waals surface area contributed by atoms with E-state index in [0.717, 1.165) is 22.7 Å². The number of nitrogens with zero attached hydrogens (tertiary/aromatic N) is 2. The van der Waals surface area contributed by atoms with Crippen LogP contribution in [0.5, 0.6) is 0 Å². The van der Waals surface area contributed by atoms with E-state index < -0.39 is 0 Å². The minimum absolute atomic E-state index is 0.799. The van der Waals surface area contributed by atoms with Crippen molar-refractivity contribution in [3.8, 4) is 0 Å². The lowest BCUT2D eigenvalue weighted by molar-refractivity contribution is 0.725. The van der Waals surface area contributed by atoms with E-state index in [1.165, 1.54) is 11.3 Å². The molecule has 1 heterocycles. The summed E-state index contributed by atoms with van der Waals surface area (Å²) in [4.78, 5) is 0. The lowest BCUT2D eigenvalue weighted by Gasteiger charge is -2.02. The van der Waals surface area contributed by atoms with Crippen molar-refractivity contribution in [2.24, 2.45) is 7.05 Å². The van der Waals surface area contributed by atoms with Gasteiger partial charge in [0.25, 0.3) is 0 Å². The molecule has 0 saturated heterocycles. The predicted octanol–water partition coefficient (Wildman–Crippen LogP) is 3.28. The number of hydrogen-bond acceptors (Lipinski definition) is 1. The maximum atomic E-state index is 6.14. The lowest BCUT2D eigenvalue weighted by atomic mass is 10.1. The van der Waals surface area contributed by atoms with E-state index in [2.05, 4.69) is 18.9 Å². The Morgan fingerprint density at radius 1 is 1.25 bits per heavy atom. The first kappa shape index (κ1) is 11.2. The first-order chi connectivity index (χ1) is 7.59. The summed E-state index contributed by atoms with van der Waals surface area (Å²) in [6.07, 6.45) is 0.799. The Morgan fingerprint density at radius 2 is 1.94 bits per heavy atom. The zero-order chi connectivity index (χ0) is 11.7. The molecule has 3 heteroatoms. The Morgan fingerprint density at radius 3 is 2.50 bits per heavy atom. The van der Waals surface area contributed by atoms with Crippen LogP contribution < -0.4 is 0 Å². The maximum Gasteiger partial charge on any atom is 0.0700 e. The van der Waals surface area contributed by atoms with Gasteiger partial charge in [-0.05, 0) is 31.0 Å². The molecule has 0 radical (unpaired) electrons. The lowest BCUT2D eigenvalue weighted by Crippen LogP contribution is -1.95. The van der Waals surface area contributed by atoms with E-state index in [9.17, 15) is 0 Å². The van der Waals surface area contributed by atoms with Crippen LogP contribution >= 0.6 is 11.6 Å². The van der Waals surface area contributed by atoms with Gasteiger partial charge in [0.05, 0.1) is 5.69 Å². The second-order valence-electron chi connectivity index (χ2n) is 4.05. The fourth-order valence-corrected chi connectivity index (χ4v) is 1.98. The van der Waals surface area contributed by atoms with Crippen LogP contribution in [0, 0.1) is 13.8 Å². The molecule has 2 aromatic rings. The molecule has 0 N–H and O–H groups in total. The van der Waals surface area contributed by atoms with Crippen LogP contribution in [0.2, 0.25) is 5.02 Å². The van der Waals surface area contributed by atoms with Gasteiger partial charge >= 0.3 is 0 Å². The Balaban J connectivity index is 2.34. The minimum atomic E-state index is 0.799. The van der Waals surface area contributed by atoms with Crippen molar-refractivity contribution in [1.82, 2.24) is 9.78 Å². The summed E-state index contributed by atoms with van der Waals surface area (Å²) in [5.74, 6) is 0. The van der Waals surface area contributed by atoms with Crippen molar-refractivity contribution in [2.45, 2.75) is 20.3 Å². The Kier molecular flexibility index (Phi) is 3.01. The highest BCUT2D eigenvalue weighted by atomic mass is 35.5. The number of benzene rings is 1. The summed E-state index contributed by atoms with van der Waals surface area (Å²) in [6.45, 7) is 4.19. The van der Waals surface area contributed by atoms with Crippen molar-refractivity contribution in [2.75, 3.05) is 0 Å². The van der Waals surface area contributed by atoms with Gasteiger partial charge in [0.15, 0.2) is 0 Å². The average molecular weight is 235 g/mol. The van der Waals surface area contributed by atoms with Gasteiger partial charge in [0, 0.05) is 24.2 Å². The SMILES string of the molecule is Cc1c(Cc2ccccc2Cl)nn(C)c1C. The van der Waals surface area contributed by atoms with E-state index in [1.807, 2.05) is 36.0 Å². The molecule has 0 unspecified atom stereocenters. The Hall–Kier alpha value is -1.28. The standard InChI is InChI=1S/C13H15ClN2/c1-9-10(2)16(3)15-13(9)8-11-6-4-5-7-12(11)14/h4-7H,8H2,1-3H3. The van der Waals surface area contributed by atoms with Crippen LogP contribution in [0.4, 0.5) is 0 Å². The highest BCUT2D eigenvalue weighted by molar-refractivity contribution is 6.31. The van der Waals surface area contributed by atoms with Crippen LogP contribution in [-0.4, -0.2) is 9.78 Å². The van der Waals surface area contributed by atoms with Gasteiger partial charge in [0.1, 0.15) is 0 Å². The molecule has 0 aliphatic heterocycles.